The molecule has 0 radical (unpaired) electrons. The van der Waals surface area contributed by atoms with Crippen molar-refractivity contribution in [2.45, 2.75) is 38.6 Å². The van der Waals surface area contributed by atoms with E-state index < -0.39 is 0 Å². The molecule has 1 aromatic carbocycles. The molecule has 0 aliphatic carbocycles. The maximum Gasteiger partial charge on any atom is 0.119 e. The minimum Gasteiger partial charge on any atom is -0.494 e. The van der Waals surface area contributed by atoms with Gasteiger partial charge in [-0.05, 0) is 57.5 Å². The Labute approximate surface area is 153 Å². The molecule has 140 valence electrons. The van der Waals surface area contributed by atoms with Crippen LogP contribution in [0.2, 0.25) is 0 Å². The zero-order valence-corrected chi connectivity index (χ0v) is 16.1. The first kappa shape index (κ1) is 18.7. The molecule has 2 aliphatic rings. The van der Waals surface area contributed by atoms with Gasteiger partial charge in [0.2, 0.25) is 0 Å². The van der Waals surface area contributed by atoms with Crippen LogP contribution in [-0.2, 0) is 0 Å². The Kier molecular flexibility index (Phi) is 7.14. The van der Waals surface area contributed by atoms with Crippen molar-refractivity contribution in [1.82, 2.24) is 14.7 Å². The molecule has 0 aromatic heterocycles. The van der Waals surface area contributed by atoms with Crippen LogP contribution in [-0.4, -0.2) is 80.2 Å². The van der Waals surface area contributed by atoms with Crippen LogP contribution in [0.1, 0.15) is 31.2 Å². The zero-order chi connectivity index (χ0) is 17.5. The van der Waals surface area contributed by atoms with Gasteiger partial charge in [0.15, 0.2) is 0 Å². The number of piperidine rings is 1. The van der Waals surface area contributed by atoms with E-state index in [9.17, 15) is 0 Å². The lowest BCUT2D eigenvalue weighted by molar-refractivity contribution is 0.0823. The van der Waals surface area contributed by atoms with Crippen molar-refractivity contribution >= 4 is 0 Å². The molecule has 0 saturated carbocycles. The monoisotopic (exact) mass is 345 g/mol. The van der Waals surface area contributed by atoms with Crippen LogP contribution in [0.15, 0.2) is 24.3 Å². The normalized spacial score (nSPS) is 23.7. The van der Waals surface area contributed by atoms with Gasteiger partial charge < -0.3 is 14.5 Å². The fraction of sp³-hybridized carbons (Fsp3) is 0.714. The molecule has 3 rings (SSSR count). The molecule has 2 heterocycles. The van der Waals surface area contributed by atoms with Crippen LogP contribution in [0.5, 0.6) is 5.75 Å². The van der Waals surface area contributed by atoms with Crippen LogP contribution in [0.3, 0.4) is 0 Å². The molecule has 1 atom stereocenters. The standard InChI is InChI=1S/C21H35N3O/c1-19-7-5-9-21(17-19)25-16-6-11-23-12-14-24(15-13-23)18-20-8-3-4-10-22(20)2/h5,7,9,17,20H,3-4,6,8,10-16,18H2,1-2H3/t20-/m0/s1. The molecule has 25 heavy (non-hydrogen) atoms. The maximum absolute atomic E-state index is 5.87. The third-order valence-electron chi connectivity index (χ3n) is 5.73. The Morgan fingerprint density at radius 3 is 2.60 bits per heavy atom. The third kappa shape index (κ3) is 5.98. The first-order chi connectivity index (χ1) is 12.2. The highest BCUT2D eigenvalue weighted by Crippen LogP contribution is 2.17. The lowest BCUT2D eigenvalue weighted by Crippen LogP contribution is -2.52. The Balaban J connectivity index is 1.29. The molecule has 0 amide bonds. The first-order valence-corrected chi connectivity index (χ1v) is 10.0. The van der Waals surface area contributed by atoms with Crippen molar-refractivity contribution in [3.05, 3.63) is 29.8 Å². The minimum absolute atomic E-state index is 0.781. The highest BCUT2D eigenvalue weighted by Gasteiger charge is 2.24. The van der Waals surface area contributed by atoms with Crippen molar-refractivity contribution in [2.75, 3.05) is 59.5 Å². The number of aryl methyl sites for hydroxylation is 1. The van der Waals surface area contributed by atoms with E-state index in [0.29, 0.717) is 0 Å². The molecular weight excluding hydrogens is 310 g/mol. The van der Waals surface area contributed by atoms with Crippen molar-refractivity contribution in [3.8, 4) is 5.75 Å². The molecule has 2 aliphatic heterocycles. The highest BCUT2D eigenvalue weighted by molar-refractivity contribution is 5.27. The summed E-state index contributed by atoms with van der Waals surface area (Å²) in [6, 6.07) is 9.11. The average molecular weight is 346 g/mol. The lowest BCUT2D eigenvalue weighted by Gasteiger charge is -2.40. The number of piperazine rings is 1. The smallest absolute Gasteiger partial charge is 0.119 e. The van der Waals surface area contributed by atoms with E-state index in [4.69, 9.17) is 4.74 Å². The van der Waals surface area contributed by atoms with Gasteiger partial charge >= 0.3 is 0 Å². The lowest BCUT2D eigenvalue weighted by atomic mass is 10.0. The molecule has 0 spiro atoms. The summed E-state index contributed by atoms with van der Waals surface area (Å²) in [5.74, 6) is 1.00. The van der Waals surface area contributed by atoms with Gasteiger partial charge in [-0.2, -0.15) is 0 Å². The predicted octanol–water partition coefficient (Wildman–Crippen LogP) is 2.87. The van der Waals surface area contributed by atoms with Gasteiger partial charge in [-0.15, -0.1) is 0 Å². The predicted molar refractivity (Wildman–Crippen MR) is 104 cm³/mol. The van der Waals surface area contributed by atoms with Crippen LogP contribution in [0.4, 0.5) is 0 Å². The Morgan fingerprint density at radius 2 is 1.84 bits per heavy atom. The van der Waals surface area contributed by atoms with Crippen molar-refractivity contribution in [1.29, 1.82) is 0 Å². The van der Waals surface area contributed by atoms with Gasteiger partial charge in [0.25, 0.3) is 0 Å². The topological polar surface area (TPSA) is 19.0 Å². The van der Waals surface area contributed by atoms with Gasteiger partial charge in [0.05, 0.1) is 6.61 Å². The molecule has 2 fully saturated rings. The second-order valence-electron chi connectivity index (χ2n) is 7.79. The summed E-state index contributed by atoms with van der Waals surface area (Å²) in [4.78, 5) is 7.84. The summed E-state index contributed by atoms with van der Waals surface area (Å²) in [6.07, 6.45) is 5.29. The van der Waals surface area contributed by atoms with Crippen LogP contribution in [0.25, 0.3) is 0 Å². The quantitative estimate of drug-likeness (QED) is 0.707. The van der Waals surface area contributed by atoms with Crippen molar-refractivity contribution in [2.24, 2.45) is 0 Å². The largest absolute Gasteiger partial charge is 0.494 e. The molecule has 0 bridgehead atoms. The highest BCUT2D eigenvalue weighted by atomic mass is 16.5. The second kappa shape index (κ2) is 9.56. The van der Waals surface area contributed by atoms with Gasteiger partial charge in [-0.25, -0.2) is 0 Å². The second-order valence-corrected chi connectivity index (χ2v) is 7.79. The summed E-state index contributed by atoms with van der Waals surface area (Å²) in [5.41, 5.74) is 1.26. The van der Waals surface area contributed by atoms with Gasteiger partial charge in [-0.3, -0.25) is 4.90 Å². The number of likely N-dealkylation sites (N-methyl/N-ethyl adjacent to an activating group) is 1. The molecule has 0 unspecified atom stereocenters. The number of hydrogen-bond acceptors (Lipinski definition) is 4. The fourth-order valence-corrected chi connectivity index (χ4v) is 4.05. The number of ether oxygens (including phenoxy) is 1. The minimum atomic E-state index is 0.781. The third-order valence-corrected chi connectivity index (χ3v) is 5.73. The maximum atomic E-state index is 5.87. The molecule has 2 saturated heterocycles. The van der Waals surface area contributed by atoms with Gasteiger partial charge in [-0.1, -0.05) is 18.6 Å². The van der Waals surface area contributed by atoms with E-state index in [-0.39, 0.29) is 0 Å². The number of likely N-dealkylation sites (tertiary alicyclic amines) is 1. The average Bonchev–Trinajstić information content (AvgIpc) is 2.62. The number of hydrogen-bond donors (Lipinski definition) is 0. The first-order valence-electron chi connectivity index (χ1n) is 10.0. The number of rotatable bonds is 7. The molecule has 4 nitrogen and oxygen atoms in total. The summed E-state index contributed by atoms with van der Waals surface area (Å²) in [5, 5.41) is 0. The van der Waals surface area contributed by atoms with E-state index in [2.05, 4.69) is 46.9 Å². The summed E-state index contributed by atoms with van der Waals surface area (Å²) in [7, 11) is 2.30. The van der Waals surface area contributed by atoms with E-state index in [0.717, 1.165) is 31.4 Å². The SMILES string of the molecule is Cc1cccc(OCCCN2CCN(C[C@@H]3CCCCN3C)CC2)c1. The zero-order valence-electron chi connectivity index (χ0n) is 16.1. The Bertz CT molecular complexity index is 514. The van der Waals surface area contributed by atoms with E-state index in [1.54, 1.807) is 0 Å². The Hall–Kier alpha value is -1.10. The summed E-state index contributed by atoms with van der Waals surface area (Å²) in [6.45, 7) is 11.5. The molecular formula is C21H35N3O. The number of benzene rings is 1. The summed E-state index contributed by atoms with van der Waals surface area (Å²) < 4.78 is 5.87. The van der Waals surface area contributed by atoms with Gasteiger partial charge in [0.1, 0.15) is 5.75 Å². The Morgan fingerprint density at radius 1 is 1.04 bits per heavy atom. The summed E-state index contributed by atoms with van der Waals surface area (Å²) >= 11 is 0. The van der Waals surface area contributed by atoms with Crippen molar-refractivity contribution < 1.29 is 4.74 Å². The fourth-order valence-electron chi connectivity index (χ4n) is 4.05. The molecule has 0 N–H and O–H groups in total. The van der Waals surface area contributed by atoms with E-state index >= 15 is 0 Å². The molecule has 4 heteroatoms. The van der Waals surface area contributed by atoms with E-state index in [1.165, 1.54) is 64.1 Å². The van der Waals surface area contributed by atoms with Crippen LogP contribution in [0, 0.1) is 6.92 Å². The van der Waals surface area contributed by atoms with Crippen LogP contribution < -0.4 is 4.74 Å². The van der Waals surface area contributed by atoms with E-state index in [1.807, 2.05) is 6.07 Å². The number of nitrogens with zero attached hydrogens (tertiary/aromatic N) is 3. The van der Waals surface area contributed by atoms with Crippen LogP contribution >= 0.6 is 0 Å². The molecule has 1 aromatic rings. The van der Waals surface area contributed by atoms with Gasteiger partial charge in [0, 0.05) is 45.3 Å². The van der Waals surface area contributed by atoms with Crippen molar-refractivity contribution in [3.63, 3.8) is 0 Å².